The van der Waals surface area contributed by atoms with Crippen LogP contribution in [0.2, 0.25) is 0 Å². The molecule has 0 aromatic rings. The molecule has 0 aliphatic carbocycles. The lowest BCUT2D eigenvalue weighted by molar-refractivity contribution is -0.143. The Bertz CT molecular complexity index is 977. The van der Waals surface area contributed by atoms with Gasteiger partial charge >= 0.3 is 30.0 Å². The molecule has 0 aromatic heterocycles. The molecule has 0 spiro atoms. The molecule has 0 saturated carbocycles. The Balaban J connectivity index is -0.0000000406. The monoisotopic (exact) mass is 951 g/mol. The van der Waals surface area contributed by atoms with Gasteiger partial charge in [0.15, 0.2) is 0 Å². The molecule has 0 saturated heterocycles. The third-order valence-electron chi connectivity index (χ3n) is 4.27. The third-order valence-corrected chi connectivity index (χ3v) is 4.27. The molecule has 0 aromatic carbocycles. The van der Waals surface area contributed by atoms with E-state index in [0.717, 1.165) is 6.08 Å². The van der Waals surface area contributed by atoms with Crippen LogP contribution in [0.25, 0.3) is 0 Å². The Morgan fingerprint density at radius 3 is 1.40 bits per heavy atom. The summed E-state index contributed by atoms with van der Waals surface area (Å²) in [6.07, 6.45) is 1.27. The largest absolute Gasteiger partial charge is 0.481 e. The molecule has 6 N–H and O–H groups in total. The van der Waals surface area contributed by atoms with Crippen LogP contribution in [0.5, 0.6) is 0 Å². The van der Waals surface area contributed by atoms with E-state index in [1.807, 2.05) is 0 Å². The van der Waals surface area contributed by atoms with E-state index in [9.17, 15) is 28.8 Å². The number of carbonyl (C=O) groups excluding carboxylic acids is 5. The molecule has 0 bridgehead atoms. The Labute approximate surface area is 378 Å². The Hall–Kier alpha value is -1.78. The van der Waals surface area contributed by atoms with Gasteiger partial charge in [0.05, 0.1) is 39.6 Å². The molecular formula is C35H83Cl2N3O13S4. The number of carbonyl (C=O) groups is 6. The number of aliphatic hydroxyl groups excluding tert-OH is 1. The number of methoxy groups -OCH3 is 1. The summed E-state index contributed by atoms with van der Waals surface area (Å²) < 4.78 is 28.0. The number of esters is 3. The van der Waals surface area contributed by atoms with Crippen LogP contribution >= 0.6 is 61.9 Å². The second kappa shape index (κ2) is 60.9. The number of ether oxygens (including phenoxy) is 4. The van der Waals surface area contributed by atoms with Gasteiger partial charge < -0.3 is 45.5 Å². The van der Waals surface area contributed by atoms with Crippen LogP contribution in [-0.2, 0) is 52.1 Å². The zero-order chi connectivity index (χ0) is 41.0. The number of carboxylic acids is 1. The minimum absolute atomic E-state index is 0. The number of nitrogens with two attached hydrogens (primary N) is 2. The predicted molar refractivity (Wildman–Crippen MR) is 253 cm³/mol. The van der Waals surface area contributed by atoms with E-state index in [-0.39, 0.29) is 138 Å². The molecule has 3 atom stereocenters. The first-order valence-corrected chi connectivity index (χ1v) is 18.2. The van der Waals surface area contributed by atoms with Gasteiger partial charge in [-0.3, -0.25) is 19.2 Å². The number of amides is 1. The lowest BCUT2D eigenvalue weighted by atomic mass is 10.1. The number of hydrogen-bond donors (Lipinski definition) is 4. The van der Waals surface area contributed by atoms with Gasteiger partial charge in [0.25, 0.3) is 0 Å². The van der Waals surface area contributed by atoms with Crippen molar-refractivity contribution in [3.8, 4) is 0 Å². The van der Waals surface area contributed by atoms with Gasteiger partial charge in [0.1, 0.15) is 11.4 Å². The molecule has 0 fully saturated rings. The van der Waals surface area contributed by atoms with Crippen molar-refractivity contribution in [2.24, 2.45) is 11.5 Å². The fourth-order valence-corrected chi connectivity index (χ4v) is 2.61. The number of Topliss-reactive ketones (excluding diaryl/α,β-unsaturated/α-hetero) is 1. The average molecular weight is 953 g/mol. The summed E-state index contributed by atoms with van der Waals surface area (Å²) >= 11 is 0. The molecule has 1 amide bonds. The van der Waals surface area contributed by atoms with E-state index in [4.69, 9.17) is 30.6 Å². The van der Waals surface area contributed by atoms with Crippen molar-refractivity contribution in [2.45, 2.75) is 148 Å². The topological polar surface area (TPSA) is 252 Å². The van der Waals surface area contributed by atoms with E-state index >= 15 is 0 Å². The first-order chi connectivity index (χ1) is 22.8. The zero-order valence-electron chi connectivity index (χ0n) is 32.8. The Morgan fingerprint density at radius 2 is 1.19 bits per heavy atom. The quantitative estimate of drug-likeness (QED) is 0.0634. The summed E-state index contributed by atoms with van der Waals surface area (Å²) in [5, 5.41) is 15.6. The lowest BCUT2D eigenvalue weighted by Gasteiger charge is -2.31. The number of aliphatic hydroxyl groups is 1. The first kappa shape index (κ1) is 91.1. The number of hydrogen-bond acceptors (Lipinski definition) is 14. The van der Waals surface area contributed by atoms with Crippen molar-refractivity contribution < 1.29 is 62.1 Å². The van der Waals surface area contributed by atoms with E-state index in [2.05, 4.69) is 42.2 Å². The van der Waals surface area contributed by atoms with Gasteiger partial charge in [0.2, 0.25) is 9.23 Å². The van der Waals surface area contributed by atoms with Crippen molar-refractivity contribution in [1.82, 2.24) is 4.90 Å². The summed E-state index contributed by atoms with van der Waals surface area (Å²) in [7, 11) is 8.65. The second-order valence-electron chi connectivity index (χ2n) is 10.8. The molecule has 354 valence electrons. The van der Waals surface area contributed by atoms with Gasteiger partial charge in [-0.2, -0.15) is 40.5 Å². The van der Waals surface area contributed by atoms with E-state index in [1.54, 1.807) is 62.3 Å². The maximum Gasteiger partial charge on any atom is 0.410 e. The van der Waals surface area contributed by atoms with E-state index in [1.165, 1.54) is 18.9 Å². The number of ketones is 1. The highest BCUT2D eigenvalue weighted by molar-refractivity contribution is 8.26. The molecule has 0 heterocycles. The third kappa shape index (κ3) is 101. The molecule has 0 aliphatic rings. The van der Waals surface area contributed by atoms with Gasteiger partial charge in [-0.15, -0.1) is 0 Å². The summed E-state index contributed by atoms with van der Waals surface area (Å²) in [6, 6.07) is -0.645. The van der Waals surface area contributed by atoms with Crippen LogP contribution in [0.15, 0.2) is 12.7 Å². The molecule has 57 heavy (non-hydrogen) atoms. The molecule has 0 unspecified atom stereocenters. The molecule has 22 heteroatoms. The summed E-state index contributed by atoms with van der Waals surface area (Å²) in [5.41, 5.74) is 9.81. The van der Waals surface area contributed by atoms with Crippen molar-refractivity contribution in [3.05, 3.63) is 12.7 Å². The van der Waals surface area contributed by atoms with Crippen LogP contribution in [0, 0.1) is 0 Å². The standard InChI is InChI=1S/C14H25NO5.C6H13NO2.C5H8O2.C4H9NO2.C2H6O.4CH4.Cl2OS.3H2S/c1-10(9-11(2)16)15(8-7-12(17)19-6)13(18)20-14(3,4)5;1-3-9-6(8)4-5(2)7;1-3-5(6)7-4-2;1-3(5)2-4(6)7;1-2-3;;;;;1-4(2)3;;;/h10H,7-9H2,1-6H3;5H,3-4,7H2,1-2H3;3H,1,4H2,2H3;3H,2,5H2,1H3,(H,6,7);3H,2H2,1H3;4*1H4;;3*1H2/t10-;5-;;3-;;;;;;;;;/m00.0........./s1. The molecule has 16 nitrogen and oxygen atoms in total. The number of aliphatic carboxylic acids is 1. The van der Waals surface area contributed by atoms with Gasteiger partial charge in [0, 0.05) is 65.1 Å². The fourth-order valence-electron chi connectivity index (χ4n) is 2.61. The second-order valence-corrected chi connectivity index (χ2v) is 13.3. The maximum atomic E-state index is 12.1. The SMILES string of the molecule is C.C.C.C.C=CC(=O)OCC.CCO.CCOC(=O)C[C@H](C)N.COC(=O)CCN(C(=O)OC(C)(C)C)[C@@H](C)CC(C)=O.C[C@H](N)CC(=O)O.O=S(Cl)Cl.S.S.S. The van der Waals surface area contributed by atoms with Crippen molar-refractivity contribution >= 4 is 107 Å². The van der Waals surface area contributed by atoms with Gasteiger partial charge in [-0.25, -0.2) is 13.8 Å². The van der Waals surface area contributed by atoms with Crippen LogP contribution < -0.4 is 11.5 Å². The number of carboxylic acid groups (broad SMARTS) is 1. The number of nitrogens with zero attached hydrogens (tertiary/aromatic N) is 1. The molecule has 0 radical (unpaired) electrons. The molecule has 0 aliphatic heterocycles. The summed E-state index contributed by atoms with van der Waals surface area (Å²) in [5.74, 6) is -1.84. The van der Waals surface area contributed by atoms with Crippen LogP contribution in [0.3, 0.4) is 0 Å². The molecular weight excluding hydrogens is 870 g/mol. The first-order valence-electron chi connectivity index (χ1n) is 15.4. The number of halogens is 2. The smallest absolute Gasteiger partial charge is 0.410 e. The highest BCUT2D eigenvalue weighted by Gasteiger charge is 2.27. The van der Waals surface area contributed by atoms with E-state index < -0.39 is 32.9 Å². The molecule has 0 rings (SSSR count). The normalized spacial score (nSPS) is 9.91. The minimum Gasteiger partial charge on any atom is -0.481 e. The lowest BCUT2D eigenvalue weighted by Crippen LogP contribution is -2.44. The maximum absolute atomic E-state index is 12.1. The van der Waals surface area contributed by atoms with Crippen molar-refractivity contribution in [1.29, 1.82) is 0 Å². The van der Waals surface area contributed by atoms with Crippen LogP contribution in [0.1, 0.15) is 125 Å². The van der Waals surface area contributed by atoms with Crippen molar-refractivity contribution in [3.63, 3.8) is 0 Å². The highest BCUT2D eigenvalue weighted by Crippen LogP contribution is 2.14. The summed E-state index contributed by atoms with van der Waals surface area (Å²) in [6.45, 7) is 21.6. The van der Waals surface area contributed by atoms with Gasteiger partial charge in [-0.1, -0.05) is 36.3 Å². The van der Waals surface area contributed by atoms with Crippen LogP contribution in [0.4, 0.5) is 4.79 Å². The van der Waals surface area contributed by atoms with Gasteiger partial charge in [-0.05, 0) is 69.2 Å². The van der Waals surface area contributed by atoms with E-state index in [0.29, 0.717) is 19.6 Å². The predicted octanol–water partition coefficient (Wildman–Crippen LogP) is 6.91. The van der Waals surface area contributed by atoms with Crippen LogP contribution in [-0.4, -0.2) is 112 Å². The Morgan fingerprint density at radius 1 is 0.825 bits per heavy atom. The minimum atomic E-state index is -1.67. The Kier molecular flexibility index (Phi) is 97.3. The number of rotatable bonds is 13. The zero-order valence-corrected chi connectivity index (χ0v) is 38.2. The van der Waals surface area contributed by atoms with Crippen molar-refractivity contribution in [2.75, 3.05) is 33.5 Å². The summed E-state index contributed by atoms with van der Waals surface area (Å²) in [4.78, 5) is 66.3. The fraction of sp³-hybridized carbons (Fsp3) is 0.771. The highest BCUT2D eigenvalue weighted by atomic mass is 36.0. The average Bonchev–Trinajstić information content (AvgIpc) is 2.92.